The minimum absolute atomic E-state index is 0.281. The number of nitrogens with one attached hydrogen (secondary N) is 2. The molecule has 0 heterocycles. The van der Waals surface area contributed by atoms with E-state index in [1.165, 1.54) is 45.6 Å². The number of amides is 2. The normalized spacial score (nSPS) is 10.3. The van der Waals surface area contributed by atoms with Crippen LogP contribution in [0.4, 0.5) is 20.2 Å². The Morgan fingerprint density at radius 3 is 1.72 bits per heavy atom. The lowest BCUT2D eigenvalue weighted by Crippen LogP contribution is -2.14. The summed E-state index contributed by atoms with van der Waals surface area (Å²) >= 11 is 0. The topological polar surface area (TPSA) is 85.9 Å². The second-order valence-corrected chi connectivity index (χ2v) is 6.52. The molecule has 0 saturated carbocycles. The Morgan fingerprint density at radius 1 is 0.719 bits per heavy atom. The van der Waals surface area contributed by atoms with Gasteiger partial charge in [-0.3, -0.25) is 9.59 Å². The molecule has 32 heavy (non-hydrogen) atoms. The molecule has 0 fully saturated rings. The molecule has 2 N–H and O–H groups in total. The van der Waals surface area contributed by atoms with Crippen molar-refractivity contribution < 1.29 is 32.6 Å². The first-order valence-corrected chi connectivity index (χ1v) is 9.34. The van der Waals surface area contributed by atoms with Crippen LogP contribution in [0.1, 0.15) is 20.7 Å². The van der Waals surface area contributed by atoms with Crippen molar-refractivity contribution in [1.82, 2.24) is 0 Å². The van der Waals surface area contributed by atoms with Crippen molar-refractivity contribution in [2.24, 2.45) is 0 Å². The van der Waals surface area contributed by atoms with Gasteiger partial charge in [0, 0.05) is 23.0 Å². The first-order chi connectivity index (χ1) is 15.4. The lowest BCUT2D eigenvalue weighted by atomic mass is 10.1. The number of carbonyl (C=O) groups is 2. The maximum absolute atomic E-state index is 13.8. The molecule has 0 spiro atoms. The maximum Gasteiger partial charge on any atom is 0.258 e. The van der Waals surface area contributed by atoms with Gasteiger partial charge in [0.15, 0.2) is 11.5 Å². The first kappa shape index (κ1) is 22.5. The van der Waals surface area contributed by atoms with Gasteiger partial charge < -0.3 is 24.8 Å². The van der Waals surface area contributed by atoms with Crippen molar-refractivity contribution >= 4 is 23.2 Å². The second-order valence-electron chi connectivity index (χ2n) is 6.52. The fourth-order valence-corrected chi connectivity index (χ4v) is 2.92. The standard InChI is InChI=1S/C23H20F2N2O5/c1-30-19-10-13(11-20(31-2)21(19)32-3)22(28)26-15-5-7-16(8-6-15)27-23(29)17-9-4-14(24)12-18(17)25/h4-12H,1-3H3,(H,26,28)(H,27,29). The van der Waals surface area contributed by atoms with Crippen LogP contribution in [0, 0.1) is 11.6 Å². The van der Waals surface area contributed by atoms with Crippen LogP contribution in [0.15, 0.2) is 54.6 Å². The highest BCUT2D eigenvalue weighted by molar-refractivity contribution is 6.06. The summed E-state index contributed by atoms with van der Waals surface area (Å²) in [6, 6.07) is 11.9. The zero-order valence-corrected chi connectivity index (χ0v) is 17.5. The smallest absolute Gasteiger partial charge is 0.258 e. The van der Waals surface area contributed by atoms with E-state index in [0.717, 1.165) is 12.1 Å². The van der Waals surface area contributed by atoms with E-state index >= 15 is 0 Å². The quantitative estimate of drug-likeness (QED) is 0.563. The molecule has 0 aliphatic rings. The zero-order chi connectivity index (χ0) is 23.3. The van der Waals surface area contributed by atoms with E-state index in [1.807, 2.05) is 0 Å². The molecule has 0 aliphatic carbocycles. The van der Waals surface area contributed by atoms with E-state index in [2.05, 4.69) is 10.6 Å². The molecule has 0 atom stereocenters. The van der Waals surface area contributed by atoms with E-state index in [4.69, 9.17) is 14.2 Å². The average Bonchev–Trinajstić information content (AvgIpc) is 2.79. The summed E-state index contributed by atoms with van der Waals surface area (Å²) < 4.78 is 42.5. The summed E-state index contributed by atoms with van der Waals surface area (Å²) in [4.78, 5) is 24.8. The van der Waals surface area contributed by atoms with E-state index in [1.54, 1.807) is 12.1 Å². The summed E-state index contributed by atoms with van der Waals surface area (Å²) in [5.74, 6) is -1.84. The van der Waals surface area contributed by atoms with Crippen LogP contribution < -0.4 is 24.8 Å². The highest BCUT2D eigenvalue weighted by atomic mass is 19.1. The Labute approximate surface area is 182 Å². The van der Waals surface area contributed by atoms with Gasteiger partial charge in [-0.25, -0.2) is 8.78 Å². The number of carbonyl (C=O) groups excluding carboxylic acids is 2. The molecule has 2 amide bonds. The summed E-state index contributed by atoms with van der Waals surface area (Å²) in [7, 11) is 4.36. The van der Waals surface area contributed by atoms with Crippen LogP contribution in [-0.2, 0) is 0 Å². The summed E-state index contributed by atoms with van der Waals surface area (Å²) in [6.07, 6.45) is 0. The van der Waals surface area contributed by atoms with E-state index in [0.29, 0.717) is 34.7 Å². The first-order valence-electron chi connectivity index (χ1n) is 9.34. The lowest BCUT2D eigenvalue weighted by molar-refractivity contribution is 0.101. The number of ether oxygens (including phenoxy) is 3. The number of halogens is 2. The molecule has 0 bridgehead atoms. The van der Waals surface area contributed by atoms with Crippen molar-refractivity contribution in [3.63, 3.8) is 0 Å². The van der Waals surface area contributed by atoms with Gasteiger partial charge in [-0.2, -0.15) is 0 Å². The minimum atomic E-state index is -0.961. The molecule has 0 saturated heterocycles. The Bertz CT molecular complexity index is 1120. The third kappa shape index (κ3) is 4.94. The summed E-state index contributed by atoms with van der Waals surface area (Å²) in [5, 5.41) is 5.23. The van der Waals surface area contributed by atoms with Gasteiger partial charge in [-0.15, -0.1) is 0 Å². The highest BCUT2D eigenvalue weighted by Crippen LogP contribution is 2.38. The molecule has 7 nitrogen and oxygen atoms in total. The molecule has 0 aliphatic heterocycles. The molecule has 0 radical (unpaired) electrons. The van der Waals surface area contributed by atoms with Crippen molar-refractivity contribution in [3.05, 3.63) is 77.4 Å². The van der Waals surface area contributed by atoms with Crippen LogP contribution in [-0.4, -0.2) is 33.1 Å². The molecule has 3 rings (SSSR count). The van der Waals surface area contributed by atoms with Gasteiger partial charge in [-0.05, 0) is 48.5 Å². The van der Waals surface area contributed by atoms with Crippen LogP contribution in [0.25, 0.3) is 0 Å². The Kier molecular flexibility index (Phi) is 6.89. The van der Waals surface area contributed by atoms with Crippen LogP contribution in [0.3, 0.4) is 0 Å². The van der Waals surface area contributed by atoms with E-state index < -0.39 is 23.4 Å². The molecule has 3 aromatic rings. The van der Waals surface area contributed by atoms with E-state index in [9.17, 15) is 18.4 Å². The van der Waals surface area contributed by atoms with Gasteiger partial charge in [-0.1, -0.05) is 0 Å². The number of anilines is 2. The van der Waals surface area contributed by atoms with Gasteiger partial charge in [0.2, 0.25) is 5.75 Å². The van der Waals surface area contributed by atoms with Crippen molar-refractivity contribution in [3.8, 4) is 17.2 Å². The number of benzene rings is 3. The summed E-state index contributed by atoms with van der Waals surface area (Å²) in [5.41, 5.74) is 0.814. The fraction of sp³-hybridized carbons (Fsp3) is 0.130. The van der Waals surface area contributed by atoms with Gasteiger partial charge in [0.1, 0.15) is 11.6 Å². The lowest BCUT2D eigenvalue weighted by Gasteiger charge is -2.14. The number of methoxy groups -OCH3 is 3. The third-order valence-electron chi connectivity index (χ3n) is 4.50. The predicted molar refractivity (Wildman–Crippen MR) is 115 cm³/mol. The van der Waals surface area contributed by atoms with E-state index in [-0.39, 0.29) is 11.1 Å². The fourth-order valence-electron chi connectivity index (χ4n) is 2.92. The second kappa shape index (κ2) is 9.78. The van der Waals surface area contributed by atoms with Gasteiger partial charge >= 0.3 is 0 Å². The summed E-state index contributed by atoms with van der Waals surface area (Å²) in [6.45, 7) is 0. The number of hydrogen-bond acceptors (Lipinski definition) is 5. The molecule has 166 valence electrons. The maximum atomic E-state index is 13.8. The van der Waals surface area contributed by atoms with Crippen LogP contribution in [0.2, 0.25) is 0 Å². The molecular weight excluding hydrogens is 422 g/mol. The average molecular weight is 442 g/mol. The molecule has 9 heteroatoms. The largest absolute Gasteiger partial charge is 0.493 e. The van der Waals surface area contributed by atoms with Gasteiger partial charge in [0.05, 0.1) is 26.9 Å². The Hall–Kier alpha value is -4.14. The third-order valence-corrected chi connectivity index (χ3v) is 4.50. The van der Waals surface area contributed by atoms with Crippen molar-refractivity contribution in [2.45, 2.75) is 0 Å². The predicted octanol–water partition coefficient (Wildman–Crippen LogP) is 4.50. The monoisotopic (exact) mass is 442 g/mol. The molecule has 3 aromatic carbocycles. The molecule has 0 unspecified atom stereocenters. The van der Waals surface area contributed by atoms with Crippen LogP contribution in [0.5, 0.6) is 17.2 Å². The zero-order valence-electron chi connectivity index (χ0n) is 17.5. The molecule has 0 aromatic heterocycles. The number of hydrogen-bond donors (Lipinski definition) is 2. The number of rotatable bonds is 7. The Balaban J connectivity index is 1.72. The van der Waals surface area contributed by atoms with Crippen LogP contribution >= 0.6 is 0 Å². The SMILES string of the molecule is COc1cc(C(=O)Nc2ccc(NC(=O)c3ccc(F)cc3F)cc2)cc(OC)c1OC. The van der Waals surface area contributed by atoms with Crippen molar-refractivity contribution in [1.29, 1.82) is 0 Å². The molecular formula is C23H20F2N2O5. The highest BCUT2D eigenvalue weighted by Gasteiger charge is 2.17. The Morgan fingerprint density at radius 2 is 1.25 bits per heavy atom. The van der Waals surface area contributed by atoms with Crippen molar-refractivity contribution in [2.75, 3.05) is 32.0 Å². The minimum Gasteiger partial charge on any atom is -0.493 e. The van der Waals surface area contributed by atoms with Gasteiger partial charge in [0.25, 0.3) is 11.8 Å².